The van der Waals surface area contributed by atoms with Gasteiger partial charge in [-0.3, -0.25) is 0 Å². The topological polar surface area (TPSA) is 38.0 Å². The van der Waals surface area contributed by atoms with Gasteiger partial charge in [0.15, 0.2) is 0 Å². The van der Waals surface area contributed by atoms with Crippen LogP contribution >= 0.6 is 0 Å². The first kappa shape index (κ1) is 9.48. The van der Waals surface area contributed by atoms with Crippen molar-refractivity contribution in [3.8, 4) is 12.3 Å². The van der Waals surface area contributed by atoms with Crippen molar-refractivity contribution < 1.29 is 0 Å². The lowest BCUT2D eigenvalue weighted by atomic mass is 10.2. The Morgan fingerprint density at radius 1 is 1.70 bits per heavy atom. The second-order valence-electron chi connectivity index (χ2n) is 2.50. The zero-order valence-electron chi connectivity index (χ0n) is 6.56. The molecule has 58 valence electrons. The molecule has 1 unspecified atom stereocenters. The SMILES string of the molecule is C#CCCNCC(C)CN. The highest BCUT2D eigenvalue weighted by molar-refractivity contribution is 4.84. The highest BCUT2D eigenvalue weighted by Gasteiger charge is 1.95. The van der Waals surface area contributed by atoms with Crippen molar-refractivity contribution in [2.45, 2.75) is 13.3 Å². The van der Waals surface area contributed by atoms with Gasteiger partial charge in [0.25, 0.3) is 0 Å². The first-order valence-corrected chi connectivity index (χ1v) is 3.65. The fourth-order valence-corrected chi connectivity index (χ4v) is 0.592. The second-order valence-corrected chi connectivity index (χ2v) is 2.50. The molecule has 2 nitrogen and oxygen atoms in total. The zero-order chi connectivity index (χ0) is 7.82. The van der Waals surface area contributed by atoms with E-state index in [4.69, 9.17) is 12.2 Å². The maximum absolute atomic E-state index is 5.41. The summed E-state index contributed by atoms with van der Waals surface area (Å²) in [5, 5.41) is 3.21. The molecule has 0 aromatic carbocycles. The molecule has 0 rings (SSSR count). The summed E-state index contributed by atoms with van der Waals surface area (Å²) in [4.78, 5) is 0. The van der Waals surface area contributed by atoms with E-state index in [1.54, 1.807) is 0 Å². The summed E-state index contributed by atoms with van der Waals surface area (Å²) in [7, 11) is 0. The molecule has 0 bridgehead atoms. The van der Waals surface area contributed by atoms with Crippen molar-refractivity contribution in [1.29, 1.82) is 0 Å². The Kier molecular flexibility index (Phi) is 6.25. The predicted octanol–water partition coefficient (Wildman–Crippen LogP) is 0.194. The van der Waals surface area contributed by atoms with Crippen LogP contribution in [0.3, 0.4) is 0 Å². The van der Waals surface area contributed by atoms with Gasteiger partial charge >= 0.3 is 0 Å². The monoisotopic (exact) mass is 140 g/mol. The van der Waals surface area contributed by atoms with Gasteiger partial charge in [0, 0.05) is 13.0 Å². The Morgan fingerprint density at radius 3 is 2.90 bits per heavy atom. The molecular formula is C8H16N2. The number of terminal acetylenes is 1. The van der Waals surface area contributed by atoms with Crippen molar-refractivity contribution in [2.75, 3.05) is 19.6 Å². The van der Waals surface area contributed by atoms with Gasteiger partial charge in [0.2, 0.25) is 0 Å². The van der Waals surface area contributed by atoms with E-state index in [-0.39, 0.29) is 0 Å². The van der Waals surface area contributed by atoms with E-state index in [9.17, 15) is 0 Å². The van der Waals surface area contributed by atoms with Crippen LogP contribution in [0.5, 0.6) is 0 Å². The van der Waals surface area contributed by atoms with Gasteiger partial charge in [-0.1, -0.05) is 6.92 Å². The van der Waals surface area contributed by atoms with Crippen molar-refractivity contribution in [2.24, 2.45) is 11.7 Å². The Morgan fingerprint density at radius 2 is 2.40 bits per heavy atom. The van der Waals surface area contributed by atoms with Crippen LogP contribution in [-0.4, -0.2) is 19.6 Å². The molecule has 0 aliphatic heterocycles. The van der Waals surface area contributed by atoms with Crippen molar-refractivity contribution in [1.82, 2.24) is 5.32 Å². The fourth-order valence-electron chi connectivity index (χ4n) is 0.592. The average molecular weight is 140 g/mol. The molecule has 2 heteroatoms. The molecule has 0 spiro atoms. The Hall–Kier alpha value is -0.520. The molecule has 0 aromatic heterocycles. The summed E-state index contributed by atoms with van der Waals surface area (Å²) < 4.78 is 0. The Balaban J connectivity index is 2.98. The summed E-state index contributed by atoms with van der Waals surface area (Å²) in [5.74, 6) is 3.12. The molecule has 0 radical (unpaired) electrons. The standard InChI is InChI=1S/C8H16N2/c1-3-4-5-10-7-8(2)6-9/h1,8,10H,4-7,9H2,2H3. The first-order chi connectivity index (χ1) is 4.81. The molecular weight excluding hydrogens is 124 g/mol. The minimum Gasteiger partial charge on any atom is -0.330 e. The normalized spacial score (nSPS) is 12.5. The largest absolute Gasteiger partial charge is 0.330 e. The van der Waals surface area contributed by atoms with Crippen LogP contribution < -0.4 is 11.1 Å². The number of hydrogen-bond acceptors (Lipinski definition) is 2. The maximum atomic E-state index is 5.41. The minimum atomic E-state index is 0.553. The maximum Gasteiger partial charge on any atom is 0.0211 e. The Labute approximate surface area is 63.2 Å². The number of nitrogens with two attached hydrogens (primary N) is 1. The molecule has 0 aliphatic rings. The minimum absolute atomic E-state index is 0.553. The van der Waals surface area contributed by atoms with Crippen molar-refractivity contribution >= 4 is 0 Å². The number of rotatable bonds is 5. The molecule has 0 aliphatic carbocycles. The average Bonchev–Trinajstić information content (AvgIpc) is 1.98. The molecule has 10 heavy (non-hydrogen) atoms. The molecule has 0 fully saturated rings. The molecule has 0 heterocycles. The van der Waals surface area contributed by atoms with Crippen LogP contribution in [-0.2, 0) is 0 Å². The van der Waals surface area contributed by atoms with Crippen LogP contribution in [0.2, 0.25) is 0 Å². The van der Waals surface area contributed by atoms with Gasteiger partial charge in [0.1, 0.15) is 0 Å². The highest BCUT2D eigenvalue weighted by atomic mass is 14.9. The van der Waals surface area contributed by atoms with E-state index in [1.165, 1.54) is 0 Å². The lowest BCUT2D eigenvalue weighted by molar-refractivity contribution is 0.527. The van der Waals surface area contributed by atoms with E-state index >= 15 is 0 Å². The third-order valence-corrected chi connectivity index (χ3v) is 1.34. The van der Waals surface area contributed by atoms with Crippen LogP contribution in [0, 0.1) is 18.3 Å². The van der Waals surface area contributed by atoms with Crippen LogP contribution in [0.4, 0.5) is 0 Å². The number of nitrogens with one attached hydrogen (secondary N) is 1. The third kappa shape index (κ3) is 5.61. The third-order valence-electron chi connectivity index (χ3n) is 1.34. The van der Waals surface area contributed by atoms with Crippen LogP contribution in [0.25, 0.3) is 0 Å². The van der Waals surface area contributed by atoms with E-state index in [0.29, 0.717) is 5.92 Å². The second kappa shape index (κ2) is 6.60. The van der Waals surface area contributed by atoms with E-state index in [0.717, 1.165) is 26.1 Å². The zero-order valence-corrected chi connectivity index (χ0v) is 6.56. The Bertz CT molecular complexity index is 104. The lowest BCUT2D eigenvalue weighted by Gasteiger charge is -2.07. The molecule has 3 N–H and O–H groups in total. The van der Waals surface area contributed by atoms with Gasteiger partial charge in [-0.15, -0.1) is 12.3 Å². The molecule has 0 saturated heterocycles. The first-order valence-electron chi connectivity index (χ1n) is 3.65. The van der Waals surface area contributed by atoms with E-state index in [2.05, 4.69) is 18.2 Å². The predicted molar refractivity (Wildman–Crippen MR) is 44.5 cm³/mol. The number of hydrogen-bond donors (Lipinski definition) is 2. The van der Waals surface area contributed by atoms with Crippen molar-refractivity contribution in [3.63, 3.8) is 0 Å². The lowest BCUT2D eigenvalue weighted by Crippen LogP contribution is -2.26. The van der Waals surface area contributed by atoms with Crippen LogP contribution in [0.1, 0.15) is 13.3 Å². The summed E-state index contributed by atoms with van der Waals surface area (Å²) in [5.41, 5.74) is 5.41. The molecule has 0 saturated carbocycles. The van der Waals surface area contributed by atoms with Gasteiger partial charge in [-0.05, 0) is 19.0 Å². The highest BCUT2D eigenvalue weighted by Crippen LogP contribution is 1.86. The van der Waals surface area contributed by atoms with Gasteiger partial charge in [-0.2, -0.15) is 0 Å². The van der Waals surface area contributed by atoms with Crippen LogP contribution in [0.15, 0.2) is 0 Å². The molecule has 1 atom stereocenters. The summed E-state index contributed by atoms with van der Waals surface area (Å²) in [6.07, 6.45) is 5.87. The van der Waals surface area contributed by atoms with E-state index in [1.807, 2.05) is 0 Å². The molecule has 0 aromatic rings. The fraction of sp³-hybridized carbons (Fsp3) is 0.750. The summed E-state index contributed by atoms with van der Waals surface area (Å²) in [6.45, 7) is 4.73. The van der Waals surface area contributed by atoms with Gasteiger partial charge in [-0.25, -0.2) is 0 Å². The van der Waals surface area contributed by atoms with Gasteiger partial charge in [0.05, 0.1) is 0 Å². The van der Waals surface area contributed by atoms with Gasteiger partial charge < -0.3 is 11.1 Å². The summed E-state index contributed by atoms with van der Waals surface area (Å²) >= 11 is 0. The smallest absolute Gasteiger partial charge is 0.0211 e. The molecule has 0 amide bonds. The quantitative estimate of drug-likeness (QED) is 0.423. The van der Waals surface area contributed by atoms with Crippen molar-refractivity contribution in [3.05, 3.63) is 0 Å². The van der Waals surface area contributed by atoms with E-state index < -0.39 is 0 Å². The summed E-state index contributed by atoms with van der Waals surface area (Å²) in [6, 6.07) is 0.